The molecule has 1 N–H and O–H groups in total. The first kappa shape index (κ1) is 21.1. The molecule has 0 saturated heterocycles. The minimum absolute atomic E-state index is 0.0758. The van der Waals surface area contributed by atoms with Crippen molar-refractivity contribution in [2.45, 2.75) is 20.0 Å². The van der Waals surface area contributed by atoms with Crippen LogP contribution in [0.4, 0.5) is 18.3 Å². The lowest BCUT2D eigenvalue weighted by Gasteiger charge is -2.13. The van der Waals surface area contributed by atoms with Crippen LogP contribution in [0, 0.1) is 13.8 Å². The lowest BCUT2D eigenvalue weighted by atomic mass is 10.0. The summed E-state index contributed by atoms with van der Waals surface area (Å²) < 4.78 is 42.5. The van der Waals surface area contributed by atoms with E-state index in [2.05, 4.69) is 20.4 Å². The molecule has 0 aliphatic rings. The van der Waals surface area contributed by atoms with E-state index in [0.29, 0.717) is 15.2 Å². The van der Waals surface area contributed by atoms with Crippen molar-refractivity contribution < 1.29 is 18.0 Å². The van der Waals surface area contributed by atoms with E-state index in [9.17, 15) is 18.0 Å². The van der Waals surface area contributed by atoms with E-state index in [1.807, 2.05) is 44.2 Å². The molecule has 2 aromatic carbocycles. The van der Waals surface area contributed by atoms with Crippen LogP contribution in [0.5, 0.6) is 0 Å². The second-order valence-electron chi connectivity index (χ2n) is 7.46. The predicted molar refractivity (Wildman–Crippen MR) is 120 cm³/mol. The molecule has 3 aromatic heterocycles. The quantitative estimate of drug-likeness (QED) is 0.359. The summed E-state index contributed by atoms with van der Waals surface area (Å²) in [5, 5.41) is 8.44. The number of rotatable bonds is 3. The molecule has 166 valence electrons. The van der Waals surface area contributed by atoms with Crippen molar-refractivity contribution in [3.8, 4) is 11.3 Å². The zero-order valence-electron chi connectivity index (χ0n) is 17.4. The highest BCUT2D eigenvalue weighted by Gasteiger charge is 2.36. The number of aromatic nitrogens is 4. The van der Waals surface area contributed by atoms with Gasteiger partial charge in [-0.15, -0.1) is 11.3 Å². The van der Waals surface area contributed by atoms with E-state index in [1.54, 1.807) is 12.1 Å². The molecular weight excluding hydrogens is 451 g/mol. The Balaban J connectivity index is 1.69. The smallest absolute Gasteiger partial charge is 0.298 e. The number of anilines is 1. The summed E-state index contributed by atoms with van der Waals surface area (Å²) in [4.78, 5) is 22.5. The lowest BCUT2D eigenvalue weighted by molar-refractivity contribution is -0.142. The van der Waals surface area contributed by atoms with Gasteiger partial charge < -0.3 is 0 Å². The molecule has 1 amide bonds. The minimum Gasteiger partial charge on any atom is -0.298 e. The zero-order chi connectivity index (χ0) is 23.3. The van der Waals surface area contributed by atoms with Crippen LogP contribution in [0.1, 0.15) is 26.6 Å². The number of nitrogens with zero attached hydrogens (tertiary/aromatic N) is 4. The number of carbonyl (C=O) groups is 1. The topological polar surface area (TPSA) is 72.2 Å². The maximum absolute atomic E-state index is 13.9. The number of halogens is 3. The Morgan fingerprint density at radius 1 is 1.06 bits per heavy atom. The summed E-state index contributed by atoms with van der Waals surface area (Å²) in [5.41, 5.74) is 0.117. The fourth-order valence-electron chi connectivity index (χ4n) is 3.60. The molecule has 6 nitrogen and oxygen atoms in total. The first-order valence-corrected chi connectivity index (χ1v) is 10.7. The van der Waals surface area contributed by atoms with Crippen molar-refractivity contribution in [1.29, 1.82) is 0 Å². The average Bonchev–Trinajstić information content (AvgIpc) is 3.34. The van der Waals surface area contributed by atoms with Gasteiger partial charge in [0.25, 0.3) is 5.91 Å². The molecule has 3 heterocycles. The predicted octanol–water partition coefficient (Wildman–Crippen LogP) is 5.89. The fraction of sp³-hybridized carbons (Fsp3) is 0.130. The van der Waals surface area contributed by atoms with Gasteiger partial charge in [-0.25, -0.2) is 14.5 Å². The molecule has 0 radical (unpaired) electrons. The zero-order valence-corrected chi connectivity index (χ0v) is 18.3. The monoisotopic (exact) mass is 467 g/mol. The number of amides is 1. The number of benzene rings is 2. The molecule has 5 aromatic rings. The summed E-state index contributed by atoms with van der Waals surface area (Å²) in [7, 11) is 0. The van der Waals surface area contributed by atoms with Gasteiger partial charge in [0.05, 0.1) is 17.6 Å². The molecule has 0 spiro atoms. The lowest BCUT2D eigenvalue weighted by Crippen LogP contribution is -2.15. The third kappa shape index (κ3) is 3.72. The van der Waals surface area contributed by atoms with Gasteiger partial charge >= 0.3 is 6.18 Å². The number of hydrogen-bond acceptors (Lipinski definition) is 5. The normalized spacial score (nSPS) is 11.9. The molecule has 0 unspecified atom stereocenters. The molecule has 0 saturated carbocycles. The summed E-state index contributed by atoms with van der Waals surface area (Å²) in [6.07, 6.45) is -3.61. The van der Waals surface area contributed by atoms with Crippen LogP contribution in [-0.2, 0) is 6.18 Å². The molecule has 33 heavy (non-hydrogen) atoms. The van der Waals surface area contributed by atoms with E-state index in [1.165, 1.54) is 11.3 Å². The molecule has 0 atom stereocenters. The van der Waals surface area contributed by atoms with Crippen molar-refractivity contribution in [3.05, 3.63) is 76.6 Å². The molecule has 0 bridgehead atoms. The Morgan fingerprint density at radius 3 is 2.55 bits per heavy atom. The summed E-state index contributed by atoms with van der Waals surface area (Å²) in [6.45, 7) is 3.68. The van der Waals surface area contributed by atoms with Crippen LogP contribution in [0.3, 0.4) is 0 Å². The Labute approximate surface area is 189 Å². The van der Waals surface area contributed by atoms with Crippen LogP contribution < -0.4 is 5.32 Å². The van der Waals surface area contributed by atoms with Gasteiger partial charge in [0.15, 0.2) is 16.5 Å². The number of thiazole rings is 1. The van der Waals surface area contributed by atoms with Gasteiger partial charge in [0.2, 0.25) is 0 Å². The number of carbonyl (C=O) groups excluding carboxylic acids is 1. The summed E-state index contributed by atoms with van der Waals surface area (Å²) >= 11 is 1.28. The molecule has 0 fully saturated rings. The Bertz CT molecular complexity index is 1510. The van der Waals surface area contributed by atoms with Gasteiger partial charge in [-0.1, -0.05) is 42.5 Å². The second-order valence-corrected chi connectivity index (χ2v) is 8.66. The van der Waals surface area contributed by atoms with E-state index in [0.717, 1.165) is 33.6 Å². The Morgan fingerprint density at radius 2 is 1.82 bits per heavy atom. The van der Waals surface area contributed by atoms with Gasteiger partial charge in [-0.05, 0) is 30.7 Å². The molecule has 0 aliphatic heterocycles. The van der Waals surface area contributed by atoms with E-state index in [-0.39, 0.29) is 16.9 Å². The SMILES string of the molecule is Cc1nc(NC(=O)c2cnn3c(C(F)(F)F)cc(-c4cccc5ccccc45)nc23)sc1C. The van der Waals surface area contributed by atoms with Gasteiger partial charge in [0.1, 0.15) is 5.56 Å². The minimum atomic E-state index is -4.70. The van der Waals surface area contributed by atoms with Gasteiger partial charge in [-0.2, -0.15) is 18.3 Å². The molecule has 0 aliphatic carbocycles. The summed E-state index contributed by atoms with van der Waals surface area (Å²) in [5.74, 6) is -0.630. The first-order chi connectivity index (χ1) is 15.7. The van der Waals surface area contributed by atoms with Crippen molar-refractivity contribution in [1.82, 2.24) is 19.6 Å². The summed E-state index contributed by atoms with van der Waals surface area (Å²) in [6, 6.07) is 13.6. The maximum atomic E-state index is 13.9. The van der Waals surface area contributed by atoms with Gasteiger partial charge in [-0.3, -0.25) is 10.1 Å². The number of fused-ring (bicyclic) bond motifs is 2. The van der Waals surface area contributed by atoms with Crippen LogP contribution in [0.15, 0.2) is 54.7 Å². The standard InChI is InChI=1S/C23H16F3N5OS/c1-12-13(2)33-22(28-12)30-21(32)17-11-27-31-19(23(24,25)26)10-18(29-20(17)31)16-9-5-7-14-6-3-4-8-15(14)16/h3-11H,1-2H3,(H,28,30,32). The fourth-order valence-corrected chi connectivity index (χ4v) is 4.41. The highest BCUT2D eigenvalue weighted by molar-refractivity contribution is 7.15. The highest BCUT2D eigenvalue weighted by atomic mass is 32.1. The van der Waals surface area contributed by atoms with Crippen LogP contribution in [-0.4, -0.2) is 25.5 Å². The Hall–Kier alpha value is -3.79. The van der Waals surface area contributed by atoms with E-state index in [4.69, 9.17) is 0 Å². The van der Waals surface area contributed by atoms with Crippen molar-refractivity contribution in [2.75, 3.05) is 5.32 Å². The number of nitrogens with one attached hydrogen (secondary N) is 1. The largest absolute Gasteiger partial charge is 0.433 e. The van der Waals surface area contributed by atoms with E-state index >= 15 is 0 Å². The third-order valence-corrected chi connectivity index (χ3v) is 6.31. The number of alkyl halides is 3. The number of aryl methyl sites for hydroxylation is 2. The second kappa shape index (κ2) is 7.66. The van der Waals surface area contributed by atoms with Crippen molar-refractivity contribution >= 4 is 38.8 Å². The maximum Gasteiger partial charge on any atom is 0.433 e. The third-order valence-electron chi connectivity index (χ3n) is 5.32. The first-order valence-electron chi connectivity index (χ1n) is 9.92. The molecule has 5 rings (SSSR count). The molecular formula is C23H16F3N5OS. The number of hydrogen-bond donors (Lipinski definition) is 1. The Kier molecular flexibility index (Phi) is 4.89. The van der Waals surface area contributed by atoms with Crippen LogP contribution >= 0.6 is 11.3 Å². The average molecular weight is 467 g/mol. The van der Waals surface area contributed by atoms with Crippen molar-refractivity contribution in [3.63, 3.8) is 0 Å². The van der Waals surface area contributed by atoms with Crippen LogP contribution in [0.25, 0.3) is 27.7 Å². The molecule has 10 heteroatoms. The van der Waals surface area contributed by atoms with Gasteiger partial charge in [0, 0.05) is 10.4 Å². The van der Waals surface area contributed by atoms with Crippen LogP contribution in [0.2, 0.25) is 0 Å². The van der Waals surface area contributed by atoms with E-state index < -0.39 is 17.8 Å². The highest BCUT2D eigenvalue weighted by Crippen LogP contribution is 2.35. The van der Waals surface area contributed by atoms with Crippen molar-refractivity contribution in [2.24, 2.45) is 0 Å².